The Balaban J connectivity index is 1.90. The summed E-state index contributed by atoms with van der Waals surface area (Å²) in [5.41, 5.74) is 2.35. The highest BCUT2D eigenvalue weighted by Crippen LogP contribution is 2.23. The van der Waals surface area contributed by atoms with Crippen molar-refractivity contribution in [1.82, 2.24) is 14.8 Å². The Bertz CT molecular complexity index is 868. The summed E-state index contributed by atoms with van der Waals surface area (Å²) in [5, 5.41) is 0.747. The Morgan fingerprint density at radius 2 is 1.79 bits per heavy atom. The van der Waals surface area contributed by atoms with Gasteiger partial charge in [-0.05, 0) is 18.9 Å². The molecular weight excluding hydrogens is 310 g/mol. The highest BCUT2D eigenvalue weighted by molar-refractivity contribution is 6.45. The lowest BCUT2D eigenvalue weighted by Gasteiger charge is -2.13. The first kappa shape index (κ1) is 15.9. The van der Waals surface area contributed by atoms with Crippen LogP contribution < -0.4 is 0 Å². The number of likely N-dealkylation sites (N-methyl/N-ethyl adjacent to an activating group) is 1. The minimum absolute atomic E-state index is 0.0983. The molecule has 2 heterocycles. The van der Waals surface area contributed by atoms with Crippen LogP contribution in [-0.4, -0.2) is 51.5 Å². The number of carbonyl (C=O) groups excluding carboxylic acids is 4. The summed E-state index contributed by atoms with van der Waals surface area (Å²) in [4.78, 5) is 52.9. The van der Waals surface area contributed by atoms with Gasteiger partial charge in [0.2, 0.25) is 0 Å². The van der Waals surface area contributed by atoms with Crippen molar-refractivity contribution in [2.75, 3.05) is 13.1 Å². The molecule has 0 spiro atoms. The second-order valence-corrected chi connectivity index (χ2v) is 5.54. The van der Waals surface area contributed by atoms with Gasteiger partial charge in [0.15, 0.2) is 5.78 Å². The second kappa shape index (κ2) is 5.92. The average Bonchev–Trinajstić information content (AvgIpc) is 3.10. The number of hydrogen-bond acceptors (Lipinski definition) is 4. The van der Waals surface area contributed by atoms with Crippen molar-refractivity contribution >= 4 is 34.5 Å². The number of aromatic nitrogens is 1. The smallest absolute Gasteiger partial charge is 0.334 e. The average molecular weight is 327 g/mol. The minimum Gasteiger partial charge on any atom is -0.360 e. The first-order valence-electron chi connectivity index (χ1n) is 7.79. The molecule has 1 fully saturated rings. The number of aromatic amines is 1. The number of rotatable bonds is 5. The van der Waals surface area contributed by atoms with Crippen LogP contribution in [0.5, 0.6) is 0 Å². The van der Waals surface area contributed by atoms with Gasteiger partial charge in [-0.3, -0.25) is 19.3 Å². The summed E-state index contributed by atoms with van der Waals surface area (Å²) in [6.45, 7) is 3.27. The molecular formula is C17H17N3O4. The standard InChI is InChI=1S/C17H17N3O4/c1-3-10-6-5-7-11-12(8-18-14(10)11)13(21)9-20-16(23)15(22)19(4-2)17(20)24/h5-8,18H,3-4,9H2,1-2H3. The predicted molar refractivity (Wildman–Crippen MR) is 86.5 cm³/mol. The number of Topliss-reactive ketones (excluding diaryl/α,β-unsaturated/α-hetero) is 1. The molecule has 1 aromatic heterocycles. The van der Waals surface area contributed by atoms with E-state index in [1.807, 2.05) is 25.1 Å². The SMILES string of the molecule is CCc1cccc2c(C(=O)CN3C(=O)C(=O)N(CC)C3=O)c[nH]c12. The molecule has 1 aliphatic heterocycles. The van der Waals surface area contributed by atoms with Gasteiger partial charge >= 0.3 is 17.8 Å². The fraction of sp³-hybridized carbons (Fsp3) is 0.294. The number of nitrogens with zero attached hydrogens (tertiary/aromatic N) is 2. The molecule has 0 bridgehead atoms. The Kier molecular flexibility index (Phi) is 3.92. The van der Waals surface area contributed by atoms with Crippen LogP contribution in [-0.2, 0) is 16.0 Å². The number of carbonyl (C=O) groups is 4. The fourth-order valence-corrected chi connectivity index (χ4v) is 2.94. The van der Waals surface area contributed by atoms with E-state index in [1.54, 1.807) is 13.1 Å². The van der Waals surface area contributed by atoms with Gasteiger partial charge in [-0.15, -0.1) is 0 Å². The molecule has 0 aliphatic carbocycles. The number of hydrogen-bond donors (Lipinski definition) is 1. The summed E-state index contributed by atoms with van der Waals surface area (Å²) < 4.78 is 0. The Morgan fingerprint density at radius 1 is 1.08 bits per heavy atom. The summed E-state index contributed by atoms with van der Waals surface area (Å²) in [7, 11) is 0. The van der Waals surface area contributed by atoms with E-state index in [0.29, 0.717) is 10.5 Å². The highest BCUT2D eigenvalue weighted by atomic mass is 16.2. The number of urea groups is 1. The van der Waals surface area contributed by atoms with E-state index >= 15 is 0 Å². The third-order valence-corrected chi connectivity index (χ3v) is 4.24. The number of imide groups is 2. The van der Waals surface area contributed by atoms with Crippen LogP contribution in [0.15, 0.2) is 24.4 Å². The molecule has 7 heteroatoms. The van der Waals surface area contributed by atoms with Gasteiger partial charge in [0, 0.05) is 29.2 Å². The number of para-hydroxylation sites is 1. The predicted octanol–water partition coefficient (Wildman–Crippen LogP) is 1.72. The van der Waals surface area contributed by atoms with E-state index in [1.165, 1.54) is 0 Å². The van der Waals surface area contributed by atoms with Crippen molar-refractivity contribution in [3.05, 3.63) is 35.5 Å². The molecule has 3 rings (SSSR count). The first-order valence-corrected chi connectivity index (χ1v) is 7.79. The van der Waals surface area contributed by atoms with Crippen molar-refractivity contribution in [2.24, 2.45) is 0 Å². The maximum atomic E-state index is 12.6. The normalized spacial score (nSPS) is 15.0. The summed E-state index contributed by atoms with van der Waals surface area (Å²) >= 11 is 0. The van der Waals surface area contributed by atoms with Crippen LogP contribution in [0, 0.1) is 0 Å². The monoisotopic (exact) mass is 327 g/mol. The molecule has 4 amide bonds. The quantitative estimate of drug-likeness (QED) is 0.514. The maximum absolute atomic E-state index is 12.6. The molecule has 24 heavy (non-hydrogen) atoms. The van der Waals surface area contributed by atoms with Gasteiger partial charge in [0.1, 0.15) is 0 Å². The van der Waals surface area contributed by atoms with E-state index in [2.05, 4.69) is 4.98 Å². The van der Waals surface area contributed by atoms with Crippen molar-refractivity contribution in [2.45, 2.75) is 20.3 Å². The summed E-state index contributed by atoms with van der Waals surface area (Å²) in [5.74, 6) is -2.23. The molecule has 7 nitrogen and oxygen atoms in total. The summed E-state index contributed by atoms with van der Waals surface area (Å²) in [6.07, 6.45) is 2.39. The number of benzene rings is 1. The van der Waals surface area contributed by atoms with Crippen molar-refractivity contribution in [3.8, 4) is 0 Å². The highest BCUT2D eigenvalue weighted by Gasteiger charge is 2.44. The van der Waals surface area contributed by atoms with Crippen molar-refractivity contribution < 1.29 is 19.2 Å². The molecule has 2 aromatic rings. The van der Waals surface area contributed by atoms with E-state index < -0.39 is 24.4 Å². The van der Waals surface area contributed by atoms with Crippen LogP contribution in [0.3, 0.4) is 0 Å². The molecule has 1 N–H and O–H groups in total. The molecule has 0 radical (unpaired) electrons. The van der Waals surface area contributed by atoms with Gasteiger partial charge in [0.05, 0.1) is 6.54 Å². The van der Waals surface area contributed by atoms with E-state index in [-0.39, 0.29) is 12.3 Å². The first-order chi connectivity index (χ1) is 11.5. The Labute approximate surface area is 138 Å². The molecule has 1 aliphatic rings. The van der Waals surface area contributed by atoms with Crippen LogP contribution >= 0.6 is 0 Å². The molecule has 1 saturated heterocycles. The number of ketones is 1. The number of aryl methyl sites for hydroxylation is 1. The minimum atomic E-state index is -0.954. The lowest BCUT2D eigenvalue weighted by atomic mass is 10.0. The van der Waals surface area contributed by atoms with Crippen LogP contribution in [0.2, 0.25) is 0 Å². The maximum Gasteiger partial charge on any atom is 0.334 e. The fourth-order valence-electron chi connectivity index (χ4n) is 2.94. The van der Waals surface area contributed by atoms with Crippen LogP contribution in [0.4, 0.5) is 4.79 Å². The Morgan fingerprint density at radius 3 is 2.42 bits per heavy atom. The van der Waals surface area contributed by atoms with Gasteiger partial charge in [-0.25, -0.2) is 9.69 Å². The second-order valence-electron chi connectivity index (χ2n) is 5.54. The lowest BCUT2D eigenvalue weighted by molar-refractivity contribution is -0.143. The van der Waals surface area contributed by atoms with Crippen LogP contribution in [0.1, 0.15) is 29.8 Å². The Hall–Kier alpha value is -2.96. The van der Waals surface area contributed by atoms with E-state index in [0.717, 1.165) is 27.8 Å². The zero-order chi connectivity index (χ0) is 17.4. The van der Waals surface area contributed by atoms with Crippen molar-refractivity contribution in [1.29, 1.82) is 0 Å². The number of fused-ring (bicyclic) bond motifs is 1. The number of nitrogens with one attached hydrogen (secondary N) is 1. The summed E-state index contributed by atoms with van der Waals surface area (Å²) in [6, 6.07) is 4.91. The van der Waals surface area contributed by atoms with Crippen molar-refractivity contribution in [3.63, 3.8) is 0 Å². The van der Waals surface area contributed by atoms with Gasteiger partial charge in [-0.2, -0.15) is 0 Å². The topological polar surface area (TPSA) is 90.6 Å². The largest absolute Gasteiger partial charge is 0.360 e. The zero-order valence-electron chi connectivity index (χ0n) is 13.5. The van der Waals surface area contributed by atoms with E-state index in [4.69, 9.17) is 0 Å². The van der Waals surface area contributed by atoms with Gasteiger partial charge in [-0.1, -0.05) is 25.1 Å². The zero-order valence-corrected chi connectivity index (χ0v) is 13.5. The van der Waals surface area contributed by atoms with Gasteiger partial charge < -0.3 is 4.98 Å². The molecule has 0 saturated carbocycles. The third-order valence-electron chi connectivity index (χ3n) is 4.24. The number of amides is 4. The molecule has 124 valence electrons. The third kappa shape index (κ3) is 2.29. The van der Waals surface area contributed by atoms with Gasteiger partial charge in [0.25, 0.3) is 0 Å². The molecule has 0 unspecified atom stereocenters. The van der Waals surface area contributed by atoms with E-state index in [9.17, 15) is 19.2 Å². The lowest BCUT2D eigenvalue weighted by Crippen LogP contribution is -2.36. The van der Waals surface area contributed by atoms with Crippen LogP contribution in [0.25, 0.3) is 10.9 Å². The molecule has 1 aromatic carbocycles. The molecule has 0 atom stereocenters. The number of H-pyrrole nitrogens is 1.